The summed E-state index contributed by atoms with van der Waals surface area (Å²) in [6.45, 7) is 0. The lowest BCUT2D eigenvalue weighted by Crippen LogP contribution is -2.66. The van der Waals surface area contributed by atoms with E-state index in [2.05, 4.69) is 0 Å². The van der Waals surface area contributed by atoms with Gasteiger partial charge in [-0.2, -0.15) is 0 Å². The maximum Gasteiger partial charge on any atom is 0.226 e. The van der Waals surface area contributed by atoms with E-state index in [0.717, 1.165) is 0 Å². The summed E-state index contributed by atoms with van der Waals surface area (Å²) in [6.07, 6.45) is 0. The van der Waals surface area contributed by atoms with Gasteiger partial charge in [0, 0.05) is 0 Å². The SMILES string of the molecule is ClC(Cl)C(Cl)(C(Cl)(Cl)Cl)C(Cl)(Cl)C(Cl)(Cl)C(Cl)(Cl)Cl. The van der Waals surface area contributed by atoms with Crippen LogP contribution in [-0.2, 0) is 0 Å². The van der Waals surface area contributed by atoms with Gasteiger partial charge in [-0.05, 0) is 0 Å². The summed E-state index contributed by atoms with van der Waals surface area (Å²) in [4.78, 5) is -4.05. The van der Waals surface area contributed by atoms with Crippen LogP contribution in [-0.4, -0.2) is 26.0 Å². The predicted molar refractivity (Wildman–Crippen MR) is 93.5 cm³/mol. The van der Waals surface area contributed by atoms with Gasteiger partial charge in [-0.15, -0.1) is 34.8 Å². The van der Waals surface area contributed by atoms with Gasteiger partial charge in [-0.1, -0.05) is 116 Å². The molecule has 0 aliphatic carbocycles. The minimum Gasteiger partial charge on any atom is -0.108 e. The molecule has 19 heavy (non-hydrogen) atoms. The van der Waals surface area contributed by atoms with Gasteiger partial charge >= 0.3 is 0 Å². The van der Waals surface area contributed by atoms with Gasteiger partial charge in [0.15, 0.2) is 13.5 Å². The van der Waals surface area contributed by atoms with Crippen LogP contribution in [0.1, 0.15) is 0 Å². The number of hydrogen-bond acceptors (Lipinski definition) is 0. The minimum absolute atomic E-state index is 1.64. The van der Waals surface area contributed by atoms with Gasteiger partial charge < -0.3 is 0 Å². The molecule has 13 heteroatoms. The molecule has 116 valence electrons. The Labute approximate surface area is 175 Å². The lowest BCUT2D eigenvalue weighted by molar-refractivity contribution is 0.492. The zero-order chi connectivity index (χ0) is 16.1. The van der Waals surface area contributed by atoms with Crippen molar-refractivity contribution in [3.63, 3.8) is 0 Å². The van der Waals surface area contributed by atoms with Crippen molar-refractivity contribution in [3.05, 3.63) is 0 Å². The maximum absolute atomic E-state index is 6.06. The highest BCUT2D eigenvalue weighted by Gasteiger charge is 2.75. The van der Waals surface area contributed by atoms with Crippen molar-refractivity contribution in [2.45, 2.75) is 26.0 Å². The minimum atomic E-state index is -2.57. The number of alkyl halides is 13. The van der Waals surface area contributed by atoms with Gasteiger partial charge in [-0.25, -0.2) is 0 Å². The van der Waals surface area contributed by atoms with Crippen LogP contribution in [0.15, 0.2) is 0 Å². The Morgan fingerprint density at radius 3 is 0.947 bits per heavy atom. The molecule has 0 fully saturated rings. The van der Waals surface area contributed by atoms with Crippen LogP contribution < -0.4 is 0 Å². The lowest BCUT2D eigenvalue weighted by atomic mass is 10.0. The first kappa shape index (κ1) is 22.8. The van der Waals surface area contributed by atoms with Gasteiger partial charge in [0.05, 0.1) is 0 Å². The highest BCUT2D eigenvalue weighted by Crippen LogP contribution is 2.67. The van der Waals surface area contributed by atoms with E-state index in [0.29, 0.717) is 0 Å². The average molecular weight is 534 g/mol. The summed E-state index contributed by atoms with van der Waals surface area (Å²) in [5, 5.41) is 0. The summed E-state index contributed by atoms with van der Waals surface area (Å²) in [5.74, 6) is 0. The second-order valence-electron chi connectivity index (χ2n) is 3.16. The third-order valence-corrected chi connectivity index (χ3v) is 9.08. The van der Waals surface area contributed by atoms with E-state index in [4.69, 9.17) is 151 Å². The molecule has 0 aliphatic heterocycles. The maximum atomic E-state index is 6.06. The van der Waals surface area contributed by atoms with E-state index in [1.54, 1.807) is 0 Å². The molecule has 0 aliphatic rings. The molecule has 0 spiro atoms. The topological polar surface area (TPSA) is 0 Å². The van der Waals surface area contributed by atoms with Crippen molar-refractivity contribution in [1.82, 2.24) is 0 Å². The molecular formula is C6HCl13. The van der Waals surface area contributed by atoms with Gasteiger partial charge in [0.2, 0.25) is 7.59 Å². The lowest BCUT2D eigenvalue weighted by Gasteiger charge is -2.49. The fraction of sp³-hybridized carbons (Fsp3) is 1.00. The third-order valence-electron chi connectivity index (χ3n) is 1.92. The van der Waals surface area contributed by atoms with Crippen molar-refractivity contribution < 1.29 is 0 Å². The normalized spacial score (nSPS) is 18.6. The fourth-order valence-electron chi connectivity index (χ4n) is 0.845. The molecule has 0 N–H and O–H groups in total. The smallest absolute Gasteiger partial charge is 0.108 e. The van der Waals surface area contributed by atoms with Crippen molar-refractivity contribution in [2.24, 2.45) is 0 Å². The van der Waals surface area contributed by atoms with E-state index in [9.17, 15) is 0 Å². The van der Waals surface area contributed by atoms with Crippen LogP contribution in [0.3, 0.4) is 0 Å². The molecule has 0 saturated heterocycles. The summed E-state index contributed by atoms with van der Waals surface area (Å²) in [5.41, 5.74) is 0. The molecule has 0 heterocycles. The Kier molecular flexibility index (Phi) is 8.32. The van der Waals surface area contributed by atoms with Crippen LogP contribution >= 0.6 is 151 Å². The number of rotatable bonds is 3. The van der Waals surface area contributed by atoms with Crippen LogP contribution in [0.25, 0.3) is 0 Å². The number of hydrogen-bond donors (Lipinski definition) is 0. The monoisotopic (exact) mass is 528 g/mol. The largest absolute Gasteiger partial charge is 0.226 e. The molecule has 0 amide bonds. The van der Waals surface area contributed by atoms with Crippen LogP contribution in [0, 0.1) is 0 Å². The molecular weight excluding hydrogens is 533 g/mol. The quantitative estimate of drug-likeness (QED) is 0.324. The molecule has 1 unspecified atom stereocenters. The second-order valence-corrected chi connectivity index (χ2v) is 12.1. The van der Waals surface area contributed by atoms with Crippen LogP contribution in [0.4, 0.5) is 0 Å². The fourth-order valence-corrected chi connectivity index (χ4v) is 5.14. The Morgan fingerprint density at radius 1 is 0.474 bits per heavy atom. The standard InChI is InChI=1S/C6HCl13/c7-1(8)2(9,5(14,15)16)3(10,11)4(12,13)6(17,18)19/h1H. The molecule has 0 saturated carbocycles. The van der Waals surface area contributed by atoms with Crippen molar-refractivity contribution >= 4 is 151 Å². The summed E-state index contributed by atoms with van der Waals surface area (Å²) in [6, 6.07) is 0. The molecule has 0 radical (unpaired) electrons. The molecule has 0 nitrogen and oxygen atoms in total. The van der Waals surface area contributed by atoms with Crippen LogP contribution in [0.5, 0.6) is 0 Å². The van der Waals surface area contributed by atoms with Crippen LogP contribution in [0.2, 0.25) is 0 Å². The van der Waals surface area contributed by atoms with E-state index in [1.807, 2.05) is 0 Å². The first-order chi connectivity index (χ1) is 7.94. The zero-order valence-corrected chi connectivity index (χ0v) is 17.8. The van der Waals surface area contributed by atoms with E-state index >= 15 is 0 Å². The summed E-state index contributed by atoms with van der Waals surface area (Å²) >= 11 is 75.0. The Balaban J connectivity index is 6.13. The third kappa shape index (κ3) is 4.06. The molecule has 1 atom stereocenters. The Bertz CT molecular complexity index is 321. The number of halogens is 13. The molecule has 0 rings (SSSR count). The molecule has 0 aromatic heterocycles. The van der Waals surface area contributed by atoms with Gasteiger partial charge in [0.25, 0.3) is 0 Å². The summed E-state index contributed by atoms with van der Waals surface area (Å²) < 4.78 is -9.91. The highest BCUT2D eigenvalue weighted by atomic mass is 35.6. The van der Waals surface area contributed by atoms with Crippen molar-refractivity contribution in [1.29, 1.82) is 0 Å². The Hall–Kier alpha value is 3.77. The van der Waals surface area contributed by atoms with Gasteiger partial charge in [-0.3, -0.25) is 0 Å². The van der Waals surface area contributed by atoms with E-state index in [-0.39, 0.29) is 0 Å². The molecule has 0 aromatic rings. The summed E-state index contributed by atoms with van der Waals surface area (Å²) in [7, 11) is 0. The predicted octanol–water partition coefficient (Wildman–Crippen LogP) is 7.86. The first-order valence-corrected chi connectivity index (χ1v) is 8.83. The Morgan fingerprint density at radius 2 is 0.789 bits per heavy atom. The molecule has 0 aromatic carbocycles. The average Bonchev–Trinajstić information content (AvgIpc) is 2.11. The molecule has 0 bridgehead atoms. The van der Waals surface area contributed by atoms with E-state index < -0.39 is 26.0 Å². The van der Waals surface area contributed by atoms with Crippen molar-refractivity contribution in [3.8, 4) is 0 Å². The van der Waals surface area contributed by atoms with Crippen molar-refractivity contribution in [2.75, 3.05) is 0 Å². The zero-order valence-electron chi connectivity index (χ0n) is 7.99. The van der Waals surface area contributed by atoms with Gasteiger partial charge in [0.1, 0.15) is 4.84 Å². The second kappa shape index (κ2) is 6.95. The van der Waals surface area contributed by atoms with E-state index in [1.165, 1.54) is 0 Å². The highest BCUT2D eigenvalue weighted by molar-refractivity contribution is 6.81. The first-order valence-electron chi connectivity index (χ1n) is 3.80.